The van der Waals surface area contributed by atoms with Gasteiger partial charge in [-0.3, -0.25) is 19.3 Å². The zero-order valence-corrected chi connectivity index (χ0v) is 21.5. The first-order valence-corrected chi connectivity index (χ1v) is 11.5. The van der Waals surface area contributed by atoms with Crippen molar-refractivity contribution in [1.82, 2.24) is 15.2 Å². The van der Waals surface area contributed by atoms with Crippen molar-refractivity contribution >= 4 is 70.1 Å². The summed E-state index contributed by atoms with van der Waals surface area (Å²) < 4.78 is 0. The number of thioether (sulfide) groups is 1. The molecular weight excluding hydrogens is 510 g/mol. The summed E-state index contributed by atoms with van der Waals surface area (Å²) in [4.78, 5) is 56.2. The van der Waals surface area contributed by atoms with Crippen LogP contribution in [0.4, 0.5) is 5.13 Å². The maximum atomic E-state index is 12.5. The fourth-order valence-corrected chi connectivity index (χ4v) is 4.52. The first-order chi connectivity index (χ1) is 15.3. The Kier molecular flexibility index (Phi) is 9.90. The lowest BCUT2D eigenvalue weighted by atomic mass is 9.98. The van der Waals surface area contributed by atoms with Crippen LogP contribution in [0.25, 0.3) is 0 Å². The van der Waals surface area contributed by atoms with Crippen LogP contribution in [0.3, 0.4) is 0 Å². The normalized spacial score (nSPS) is 19.6. The van der Waals surface area contributed by atoms with Gasteiger partial charge in [0.25, 0.3) is 11.8 Å². The van der Waals surface area contributed by atoms with E-state index in [2.05, 4.69) is 20.3 Å². The summed E-state index contributed by atoms with van der Waals surface area (Å²) in [5.74, 6) is -2.59. The van der Waals surface area contributed by atoms with Gasteiger partial charge in [-0.2, -0.15) is 0 Å². The van der Waals surface area contributed by atoms with E-state index < -0.39 is 40.6 Å². The average Bonchev–Trinajstić information content (AvgIpc) is 3.15. The van der Waals surface area contributed by atoms with Crippen molar-refractivity contribution in [3.05, 3.63) is 22.3 Å². The van der Waals surface area contributed by atoms with Crippen molar-refractivity contribution in [2.24, 2.45) is 10.6 Å². The summed E-state index contributed by atoms with van der Waals surface area (Å²) in [5, 5.41) is 25.1. The van der Waals surface area contributed by atoms with Crippen molar-refractivity contribution in [3.8, 4) is 0 Å². The largest absolute Gasteiger partial charge is 0.481 e. The first-order valence-electron chi connectivity index (χ1n) is 9.54. The fourth-order valence-electron chi connectivity index (χ4n) is 2.68. The van der Waals surface area contributed by atoms with E-state index in [1.807, 2.05) is 0 Å². The van der Waals surface area contributed by atoms with Gasteiger partial charge in [0.2, 0.25) is 0 Å². The molecule has 1 aromatic heterocycles. The van der Waals surface area contributed by atoms with Crippen LogP contribution in [-0.4, -0.2) is 73.8 Å². The lowest BCUT2D eigenvalue weighted by molar-refractivity contribution is -0.150. The van der Waals surface area contributed by atoms with Crippen molar-refractivity contribution in [2.75, 3.05) is 18.6 Å². The number of hydrogen-bond acceptors (Lipinski definition) is 10. The number of nitrogens with zero attached hydrogens (tertiary/aromatic N) is 3. The molecule has 1 saturated heterocycles. The minimum Gasteiger partial charge on any atom is -0.481 e. The molecule has 0 spiro atoms. The minimum atomic E-state index is -1.16. The zero-order valence-electron chi connectivity index (χ0n) is 19.0. The van der Waals surface area contributed by atoms with Gasteiger partial charge in [0, 0.05) is 11.1 Å². The van der Waals surface area contributed by atoms with E-state index in [4.69, 9.17) is 10.8 Å². The van der Waals surface area contributed by atoms with Crippen LogP contribution >= 0.6 is 35.5 Å². The predicted octanol–water partition coefficient (Wildman–Crippen LogP) is 1.37. The number of carbonyl (C=O) groups is 4. The Bertz CT molecular complexity index is 1030. The highest BCUT2D eigenvalue weighted by Gasteiger charge is 2.54. The molecule has 5 N–H and O–H groups in total. The van der Waals surface area contributed by atoms with Gasteiger partial charge in [0.1, 0.15) is 29.9 Å². The molecule has 2 amide bonds. The Morgan fingerprint density at radius 1 is 1.32 bits per heavy atom. The third-order valence-corrected chi connectivity index (χ3v) is 6.55. The molecule has 0 bridgehead atoms. The lowest BCUT2D eigenvalue weighted by Gasteiger charge is -2.49. The van der Waals surface area contributed by atoms with Crippen LogP contribution in [0.5, 0.6) is 0 Å². The van der Waals surface area contributed by atoms with E-state index in [0.717, 1.165) is 11.3 Å². The Morgan fingerprint density at radius 3 is 2.35 bits per heavy atom. The molecule has 34 heavy (non-hydrogen) atoms. The molecule has 1 aromatic rings. The number of β-lactam (4-membered cyclic amide) rings is 1. The number of oxime groups is 1. The SMILES string of the molecule is CC(C)(C)C(=O)O.CO/N=C(\C(=O)N[C@@H]1C(=O)N2C(C(=O)O)=C(C)CS[C@H]12)c1csc(N)n1.Cl. The minimum absolute atomic E-state index is 0. The number of carboxylic acid groups (broad SMARTS) is 2. The number of carboxylic acids is 2. The monoisotopic (exact) mass is 535 g/mol. The second-order valence-electron chi connectivity index (χ2n) is 8.04. The third kappa shape index (κ3) is 6.39. The number of thiazole rings is 1. The summed E-state index contributed by atoms with van der Waals surface area (Å²) in [5.41, 5.74) is 5.69. The Balaban J connectivity index is 0.000000633. The maximum Gasteiger partial charge on any atom is 0.352 e. The van der Waals surface area contributed by atoms with E-state index in [0.29, 0.717) is 11.3 Å². The molecule has 2 aliphatic rings. The molecule has 0 unspecified atom stereocenters. The number of anilines is 1. The molecule has 0 radical (unpaired) electrons. The highest BCUT2D eigenvalue weighted by Crippen LogP contribution is 2.40. The second-order valence-corrected chi connectivity index (χ2v) is 10.0. The standard InChI is InChI=1S/C14H15N5O5S2.C5H10O2.ClH/c1-5-3-25-12-8(11(21)19(12)9(5)13(22)23)17-10(20)7(18-24-2)6-4-26-14(15)16-6;1-5(2,3)4(6)7;/h4,8,12H,3H2,1-2H3,(H2,15,16)(H,17,20)(H,22,23);1-3H3,(H,6,7);1H/b18-7-;;/t8-,12-;;/m1../s1. The Labute approximate surface area is 210 Å². The number of aromatic nitrogens is 1. The first kappa shape index (κ1) is 29.2. The van der Waals surface area contributed by atoms with Gasteiger partial charge >= 0.3 is 11.9 Å². The molecule has 0 aliphatic carbocycles. The molecule has 12 nitrogen and oxygen atoms in total. The van der Waals surface area contributed by atoms with E-state index in [1.54, 1.807) is 33.1 Å². The average molecular weight is 536 g/mol. The van der Waals surface area contributed by atoms with Crippen LogP contribution in [0.2, 0.25) is 0 Å². The van der Waals surface area contributed by atoms with Crippen molar-refractivity contribution in [1.29, 1.82) is 0 Å². The summed E-state index contributed by atoms with van der Waals surface area (Å²) in [6.07, 6.45) is 0. The Hall–Kier alpha value is -2.84. The third-order valence-electron chi connectivity index (χ3n) is 4.45. The van der Waals surface area contributed by atoms with E-state index in [-0.39, 0.29) is 34.6 Å². The van der Waals surface area contributed by atoms with Gasteiger partial charge < -0.3 is 26.1 Å². The van der Waals surface area contributed by atoms with Crippen molar-refractivity contribution < 1.29 is 34.2 Å². The number of nitrogens with two attached hydrogens (primary N) is 1. The summed E-state index contributed by atoms with van der Waals surface area (Å²) >= 11 is 2.52. The van der Waals surface area contributed by atoms with Crippen LogP contribution in [0.15, 0.2) is 21.8 Å². The van der Waals surface area contributed by atoms with Gasteiger partial charge in [-0.15, -0.1) is 35.5 Å². The zero-order chi connectivity index (χ0) is 25.1. The van der Waals surface area contributed by atoms with Crippen molar-refractivity contribution in [2.45, 2.75) is 39.1 Å². The van der Waals surface area contributed by atoms with E-state index in [1.165, 1.54) is 23.8 Å². The quantitative estimate of drug-likeness (QED) is 0.244. The maximum absolute atomic E-state index is 12.5. The number of nitrogen functional groups attached to an aromatic ring is 1. The molecule has 3 rings (SSSR count). The number of amides is 2. The number of halogens is 1. The smallest absolute Gasteiger partial charge is 0.352 e. The second kappa shape index (κ2) is 11.5. The number of rotatable bonds is 5. The predicted molar refractivity (Wildman–Crippen MR) is 130 cm³/mol. The number of aliphatic carboxylic acids is 2. The molecular formula is C19H26ClN5O7S2. The van der Waals surface area contributed by atoms with Gasteiger partial charge in [0.15, 0.2) is 10.8 Å². The summed E-state index contributed by atoms with van der Waals surface area (Å²) in [7, 11) is 1.28. The van der Waals surface area contributed by atoms with Gasteiger partial charge in [-0.25, -0.2) is 9.78 Å². The topological polar surface area (TPSA) is 185 Å². The molecule has 0 aromatic carbocycles. The van der Waals surface area contributed by atoms with Crippen molar-refractivity contribution in [3.63, 3.8) is 0 Å². The highest BCUT2D eigenvalue weighted by atomic mass is 35.5. The van der Waals surface area contributed by atoms with Crippen LogP contribution in [0.1, 0.15) is 33.4 Å². The van der Waals surface area contributed by atoms with Gasteiger partial charge in [0.05, 0.1) is 5.41 Å². The highest BCUT2D eigenvalue weighted by molar-refractivity contribution is 8.00. The van der Waals surface area contributed by atoms with Gasteiger partial charge in [-0.1, -0.05) is 5.16 Å². The molecule has 2 atom stereocenters. The molecule has 1 fully saturated rings. The molecule has 2 aliphatic heterocycles. The molecule has 3 heterocycles. The summed E-state index contributed by atoms with van der Waals surface area (Å²) in [6.45, 7) is 6.65. The van der Waals surface area contributed by atoms with Crippen LogP contribution < -0.4 is 11.1 Å². The number of fused-ring (bicyclic) bond motifs is 1. The molecule has 15 heteroatoms. The van der Waals surface area contributed by atoms with Crippen LogP contribution in [0, 0.1) is 5.41 Å². The van der Waals surface area contributed by atoms with Crippen LogP contribution in [-0.2, 0) is 24.0 Å². The number of nitrogens with one attached hydrogen (secondary N) is 1. The lowest BCUT2D eigenvalue weighted by Crippen LogP contribution is -2.71. The Morgan fingerprint density at radius 2 is 1.91 bits per heavy atom. The fraction of sp³-hybridized carbons (Fsp3) is 0.474. The van der Waals surface area contributed by atoms with Gasteiger partial charge in [-0.05, 0) is 33.3 Å². The molecule has 188 valence electrons. The molecule has 0 saturated carbocycles. The number of carbonyl (C=O) groups excluding carboxylic acids is 2. The summed E-state index contributed by atoms with van der Waals surface area (Å²) in [6, 6.07) is -0.854. The van der Waals surface area contributed by atoms with E-state index >= 15 is 0 Å². The number of hydrogen-bond donors (Lipinski definition) is 4. The van der Waals surface area contributed by atoms with E-state index in [9.17, 15) is 24.3 Å².